The first-order valence-corrected chi connectivity index (χ1v) is 17.8. The summed E-state index contributed by atoms with van der Waals surface area (Å²) in [6.45, 7) is 0. The molecule has 0 aromatic carbocycles. The molecule has 1 heteroatoms. The second-order valence-corrected chi connectivity index (χ2v) is 21.4. The molecule has 20 fully saturated rings. The van der Waals surface area contributed by atoms with Crippen LogP contribution in [0.25, 0.3) is 0 Å². The lowest BCUT2D eigenvalue weighted by Crippen LogP contribution is -3.32. The van der Waals surface area contributed by atoms with Gasteiger partial charge in [-0.3, -0.25) is 0 Å². The minimum absolute atomic E-state index is 0.920. The predicted molar refractivity (Wildman–Crippen MR) is 127 cm³/mol. The van der Waals surface area contributed by atoms with Crippen molar-refractivity contribution in [1.29, 1.82) is 0 Å². The minimum Gasteiger partial charge on any atom is -0.0496 e. The van der Waals surface area contributed by atoms with E-state index in [0.717, 1.165) is 43.2 Å². The average molecular weight is 464 g/mol. The first-order valence-electron chi connectivity index (χ1n) is 17.8. The van der Waals surface area contributed by atoms with Gasteiger partial charge in [0.2, 0.25) is 0 Å². The summed E-state index contributed by atoms with van der Waals surface area (Å²) >= 11 is 0. The molecule has 0 heterocycles. The van der Waals surface area contributed by atoms with E-state index >= 15 is 0 Å². The van der Waals surface area contributed by atoms with E-state index in [9.17, 15) is 0 Å². The second-order valence-electron chi connectivity index (χ2n) is 21.4. The Balaban J connectivity index is 0.862. The van der Waals surface area contributed by atoms with Crippen molar-refractivity contribution < 1.29 is 0 Å². The van der Waals surface area contributed by atoms with Crippen molar-refractivity contribution >= 4 is 7.85 Å². The maximum atomic E-state index is 3.06. The fourth-order valence-corrected chi connectivity index (χ4v) is 29.6. The molecule has 0 aromatic rings. The highest BCUT2D eigenvalue weighted by molar-refractivity contribution is 6.21. The number of rotatable bonds is 0. The van der Waals surface area contributed by atoms with Gasteiger partial charge in [0.25, 0.3) is 0 Å². The fourth-order valence-electron chi connectivity index (χ4n) is 29.6. The average Bonchev–Trinajstić information content (AvgIpc) is 2.93. The molecule has 0 nitrogen and oxygen atoms in total. The largest absolute Gasteiger partial charge is 0.111 e. The molecule has 176 valence electrons. The minimum atomic E-state index is 0.920. The van der Waals surface area contributed by atoms with Gasteiger partial charge >= 0.3 is 0 Å². The highest BCUT2D eigenvalue weighted by atomic mass is 15.4. The van der Waals surface area contributed by atoms with Crippen LogP contribution in [0.4, 0.5) is 0 Å². The molecule has 20 aliphatic carbocycles. The van der Waals surface area contributed by atoms with Gasteiger partial charge in [0, 0.05) is 0 Å². The summed E-state index contributed by atoms with van der Waals surface area (Å²) < 4.78 is 0. The zero-order valence-corrected chi connectivity index (χ0v) is 21.1. The number of hydrogen-bond acceptors (Lipinski definition) is 0. The summed E-state index contributed by atoms with van der Waals surface area (Å²) in [5.74, 6) is 30.4. The highest BCUT2D eigenvalue weighted by Gasteiger charge is 3.34. The molecule has 0 saturated heterocycles. The lowest BCUT2D eigenvalue weighted by Gasteiger charge is -3.35. The van der Waals surface area contributed by atoms with Crippen LogP contribution >= 0.6 is 0 Å². The van der Waals surface area contributed by atoms with Gasteiger partial charge in [-0.05, 0) is 205 Å². The monoisotopic (exact) mass is 464 g/mol. The Morgan fingerprint density at radius 2 is 1.14 bits per heavy atom. The van der Waals surface area contributed by atoms with E-state index in [1.54, 1.807) is 25.7 Å². The van der Waals surface area contributed by atoms with Crippen LogP contribution < -0.4 is 0 Å². The van der Waals surface area contributed by atoms with E-state index in [0.29, 0.717) is 0 Å². The van der Waals surface area contributed by atoms with E-state index in [2.05, 4.69) is 7.85 Å². The van der Waals surface area contributed by atoms with Gasteiger partial charge < -0.3 is 0 Å². The third kappa shape index (κ3) is 0.511. The van der Waals surface area contributed by atoms with Gasteiger partial charge in [-0.2, -0.15) is 0 Å². The second kappa shape index (κ2) is 2.78. The molecule has 0 aliphatic heterocycles. The summed E-state index contributed by atoms with van der Waals surface area (Å²) in [6.07, 6.45) is 6.82. The molecule has 36 heavy (non-hydrogen) atoms. The van der Waals surface area contributed by atoms with Gasteiger partial charge in [0.05, 0.1) is 0 Å². The van der Waals surface area contributed by atoms with Crippen molar-refractivity contribution in [1.82, 2.24) is 0 Å². The van der Waals surface area contributed by atoms with Crippen LogP contribution in [-0.2, 0) is 0 Å². The van der Waals surface area contributed by atoms with Gasteiger partial charge in [0.15, 0.2) is 0 Å². The Labute approximate surface area is 212 Å². The molecule has 0 N–H and O–H groups in total. The van der Waals surface area contributed by atoms with Crippen molar-refractivity contribution in [2.45, 2.75) is 31.0 Å². The molecule has 0 amide bonds. The molecular formula is C35H33B. The summed E-state index contributed by atoms with van der Waals surface area (Å²) in [4.78, 5) is 0. The third-order valence-electron chi connectivity index (χ3n) is 26.1. The standard InChI is InChI=1S/C35H33B/c36-34-26-20-15-13-11-7-2-1-6(7)10(11)12(13)14-18(15)29(20)19(14)22-24-23-21-16-8-3-5-4-9-17-25-27(34)33(23,35(24,34)32(22,26)29)31(21,25)30(16,17)28(5,8)9/h5-27H,1-4,36H2/t5?,6?,7?,8?,9?,10?,11?,12?,13?,14?,15?,16?,17?,18?,19?,20?,21?,22?,23?,24?,25?,26?,27?,28?,29?,30?,31?,32?,33?,34-,35?/m1/s1. The van der Waals surface area contributed by atoms with Gasteiger partial charge in [-0.1, -0.05) is 0 Å². The van der Waals surface area contributed by atoms with Crippen LogP contribution in [0.5, 0.6) is 0 Å². The molecule has 20 rings (SSSR count). The molecular weight excluding hydrogens is 431 g/mol. The van der Waals surface area contributed by atoms with E-state index in [1.165, 1.54) is 136 Å². The Morgan fingerprint density at radius 1 is 0.472 bits per heavy atom. The molecule has 30 unspecified atom stereocenters. The van der Waals surface area contributed by atoms with Crippen molar-refractivity contribution in [3.05, 3.63) is 0 Å². The summed E-state index contributed by atoms with van der Waals surface area (Å²) in [6, 6.07) is 0. The van der Waals surface area contributed by atoms with Crippen LogP contribution in [-0.4, -0.2) is 7.85 Å². The quantitative estimate of drug-likeness (QED) is 0.480. The lowest BCUT2D eigenvalue weighted by atomic mass is 8.67. The normalized spacial score (nSPS) is 114. The fraction of sp³-hybridized carbons (Fsp3) is 1.00. The van der Waals surface area contributed by atoms with Crippen LogP contribution in [0.2, 0.25) is 5.31 Å². The van der Waals surface area contributed by atoms with Crippen molar-refractivity contribution in [2.24, 2.45) is 174 Å². The highest BCUT2D eigenvalue weighted by Crippen LogP contribution is 3.37. The van der Waals surface area contributed by atoms with Crippen LogP contribution in [0.15, 0.2) is 0 Å². The first-order chi connectivity index (χ1) is 17.8. The third-order valence-corrected chi connectivity index (χ3v) is 26.1. The van der Waals surface area contributed by atoms with Gasteiger partial charge in [0.1, 0.15) is 7.85 Å². The zero-order valence-electron chi connectivity index (χ0n) is 21.1. The van der Waals surface area contributed by atoms with E-state index in [-0.39, 0.29) is 0 Å². The molecule has 7 spiro atoms. The van der Waals surface area contributed by atoms with Crippen LogP contribution in [0.1, 0.15) is 25.7 Å². The van der Waals surface area contributed by atoms with Crippen molar-refractivity contribution in [3.8, 4) is 0 Å². The van der Waals surface area contributed by atoms with Crippen molar-refractivity contribution in [2.75, 3.05) is 0 Å². The van der Waals surface area contributed by atoms with E-state index in [1.807, 2.05) is 0 Å². The molecule has 20 aliphatic rings. The van der Waals surface area contributed by atoms with E-state index < -0.39 is 0 Å². The Hall–Kier alpha value is 0.0649. The molecule has 0 bridgehead atoms. The van der Waals surface area contributed by atoms with E-state index in [4.69, 9.17) is 0 Å². The first kappa shape index (κ1) is 14.6. The molecule has 0 aromatic heterocycles. The van der Waals surface area contributed by atoms with Crippen LogP contribution in [0.3, 0.4) is 0 Å². The number of fused-ring (bicyclic) bond motifs is 23. The van der Waals surface area contributed by atoms with Gasteiger partial charge in [-0.15, -0.1) is 0 Å². The zero-order chi connectivity index (χ0) is 21.1. The SMILES string of the molecule is B[C@]12C3C4C5C6C7C8CCC8C7C6C6C5C45C6C4C6C7C8C9C%10CC%11CC%12C%13C%14C1C7(C8%14C9%13C%11%10%12)C62C435. The lowest BCUT2D eigenvalue weighted by molar-refractivity contribution is -0.878. The Bertz CT molecular complexity index is 1680. The maximum Gasteiger partial charge on any atom is 0.111 e. The van der Waals surface area contributed by atoms with Gasteiger partial charge in [-0.25, -0.2) is 0 Å². The smallest absolute Gasteiger partial charge is 0.0496 e. The summed E-state index contributed by atoms with van der Waals surface area (Å²) in [7, 11) is 3.06. The molecule has 20 saturated carbocycles. The van der Waals surface area contributed by atoms with Crippen molar-refractivity contribution in [3.63, 3.8) is 0 Å². The summed E-state index contributed by atoms with van der Waals surface area (Å²) in [5, 5.41) is 0.920. The predicted octanol–water partition coefficient (Wildman–Crippen LogP) is 3.69. The number of hydrogen-bond donors (Lipinski definition) is 0. The molecule has 31 atom stereocenters. The Kier molecular flexibility index (Phi) is 1.13. The molecule has 0 radical (unpaired) electrons. The maximum absolute atomic E-state index is 3.06. The topological polar surface area (TPSA) is 0 Å². The Morgan fingerprint density at radius 3 is 1.89 bits per heavy atom. The van der Waals surface area contributed by atoms with Crippen LogP contribution in [0, 0.1) is 174 Å². The summed E-state index contributed by atoms with van der Waals surface area (Å²) in [5.41, 5.74) is 7.42.